The van der Waals surface area contributed by atoms with Gasteiger partial charge in [0.25, 0.3) is 5.91 Å². The Balaban J connectivity index is 0.000000289. The Labute approximate surface area is 233 Å². The monoisotopic (exact) mass is 599 g/mol. The van der Waals surface area contributed by atoms with E-state index in [2.05, 4.69) is 55.5 Å². The fraction of sp³-hybridized carbons (Fsp3) is 0.269. The van der Waals surface area contributed by atoms with E-state index in [4.69, 9.17) is 19.8 Å². The van der Waals surface area contributed by atoms with Gasteiger partial charge in [0.05, 0.1) is 0 Å². The number of fused-ring (bicyclic) bond motifs is 1. The van der Waals surface area contributed by atoms with Crippen LogP contribution in [-0.4, -0.2) is 74.3 Å². The van der Waals surface area contributed by atoms with E-state index in [1.165, 1.54) is 5.56 Å². The van der Waals surface area contributed by atoms with Gasteiger partial charge in [-0.05, 0) is 42.5 Å². The molecule has 42 heavy (non-hydrogen) atoms. The molecule has 10 nitrogen and oxygen atoms in total. The SMILES string of the molecule is O=C(O)C(F)(F)F.O=C(O)C(F)(F)F.O=C1NC(N2CCC(c3ccccc3)CC2)=N/C1=C\c1c[nH]c2ncccc12. The summed E-state index contributed by atoms with van der Waals surface area (Å²) in [7, 11) is 0. The van der Waals surface area contributed by atoms with Gasteiger partial charge in [0, 0.05) is 36.4 Å². The number of carboxylic acid groups (broad SMARTS) is 2. The van der Waals surface area contributed by atoms with Gasteiger partial charge in [-0.1, -0.05) is 30.3 Å². The summed E-state index contributed by atoms with van der Waals surface area (Å²) in [5.41, 5.74) is 3.55. The number of hydrogen-bond donors (Lipinski definition) is 4. The van der Waals surface area contributed by atoms with Gasteiger partial charge in [-0.3, -0.25) is 10.1 Å². The highest BCUT2D eigenvalue weighted by atomic mass is 19.4. The number of benzene rings is 1. The predicted molar refractivity (Wildman–Crippen MR) is 137 cm³/mol. The van der Waals surface area contributed by atoms with Crippen molar-refractivity contribution in [3.05, 3.63) is 71.7 Å². The Morgan fingerprint density at radius 1 is 0.929 bits per heavy atom. The molecule has 1 aromatic carbocycles. The number of carbonyl (C=O) groups is 3. The molecule has 0 radical (unpaired) electrons. The fourth-order valence-corrected chi connectivity index (χ4v) is 4.00. The Bertz CT molecular complexity index is 1450. The second-order valence-electron chi connectivity index (χ2n) is 8.84. The van der Waals surface area contributed by atoms with E-state index < -0.39 is 24.3 Å². The van der Waals surface area contributed by atoms with Gasteiger partial charge in [-0.2, -0.15) is 26.3 Å². The van der Waals surface area contributed by atoms with Gasteiger partial charge in [0.15, 0.2) is 0 Å². The number of aromatic nitrogens is 2. The van der Waals surface area contributed by atoms with Crippen LogP contribution < -0.4 is 5.32 Å². The molecule has 0 bridgehead atoms. The summed E-state index contributed by atoms with van der Waals surface area (Å²) in [5, 5.41) is 18.2. The molecule has 224 valence electrons. The van der Waals surface area contributed by atoms with E-state index in [1.807, 2.05) is 24.4 Å². The molecule has 3 aromatic rings. The molecular formula is C26H23F6N5O5. The van der Waals surface area contributed by atoms with E-state index in [0.29, 0.717) is 17.6 Å². The molecule has 1 fully saturated rings. The van der Waals surface area contributed by atoms with Crippen LogP contribution in [0.5, 0.6) is 0 Å². The number of alkyl halides is 6. The van der Waals surface area contributed by atoms with E-state index in [9.17, 15) is 31.1 Å². The van der Waals surface area contributed by atoms with Gasteiger partial charge >= 0.3 is 24.3 Å². The lowest BCUT2D eigenvalue weighted by atomic mass is 9.90. The minimum atomic E-state index is -5.08. The lowest BCUT2D eigenvalue weighted by Gasteiger charge is -2.33. The first kappa shape index (κ1) is 31.6. The Morgan fingerprint density at radius 3 is 2.05 bits per heavy atom. The van der Waals surface area contributed by atoms with Crippen LogP contribution >= 0.6 is 0 Å². The fourth-order valence-electron chi connectivity index (χ4n) is 4.00. The summed E-state index contributed by atoms with van der Waals surface area (Å²) < 4.78 is 63.5. The highest BCUT2D eigenvalue weighted by Gasteiger charge is 2.39. The number of amides is 1. The molecule has 0 atom stereocenters. The Hall–Kier alpha value is -4.89. The van der Waals surface area contributed by atoms with Crippen LogP contribution in [0.4, 0.5) is 26.3 Å². The van der Waals surface area contributed by atoms with Crippen LogP contribution in [-0.2, 0) is 14.4 Å². The number of nitrogens with one attached hydrogen (secondary N) is 2. The zero-order valence-electron chi connectivity index (χ0n) is 21.4. The van der Waals surface area contributed by atoms with E-state index in [1.54, 1.807) is 6.20 Å². The number of likely N-dealkylation sites (tertiary alicyclic amines) is 1. The number of aliphatic carboxylic acids is 2. The second kappa shape index (κ2) is 13.2. The zero-order chi connectivity index (χ0) is 31.1. The van der Waals surface area contributed by atoms with Crippen molar-refractivity contribution in [1.82, 2.24) is 20.2 Å². The predicted octanol–water partition coefficient (Wildman–Crippen LogP) is 4.54. The average molecular weight is 599 g/mol. The van der Waals surface area contributed by atoms with Crippen molar-refractivity contribution in [2.45, 2.75) is 31.1 Å². The van der Waals surface area contributed by atoms with Gasteiger partial charge in [-0.25, -0.2) is 19.6 Å². The number of rotatable bonds is 2. The molecule has 5 rings (SSSR count). The summed E-state index contributed by atoms with van der Waals surface area (Å²) in [6, 6.07) is 14.5. The topological polar surface area (TPSA) is 148 Å². The summed E-state index contributed by atoms with van der Waals surface area (Å²) in [6.45, 7) is 1.78. The van der Waals surface area contributed by atoms with Crippen molar-refractivity contribution < 1.29 is 50.9 Å². The van der Waals surface area contributed by atoms with Gasteiger partial charge in [0.1, 0.15) is 11.3 Å². The minimum absolute atomic E-state index is 0.154. The second-order valence-corrected chi connectivity index (χ2v) is 8.84. The van der Waals surface area contributed by atoms with Crippen molar-refractivity contribution in [1.29, 1.82) is 0 Å². The molecule has 1 amide bonds. The molecule has 0 aliphatic carbocycles. The van der Waals surface area contributed by atoms with Gasteiger partial charge in [0.2, 0.25) is 5.96 Å². The maximum atomic E-state index is 12.4. The lowest BCUT2D eigenvalue weighted by molar-refractivity contribution is -0.193. The van der Waals surface area contributed by atoms with Crippen molar-refractivity contribution >= 4 is 40.9 Å². The summed E-state index contributed by atoms with van der Waals surface area (Å²) in [6.07, 6.45) is -2.62. The van der Waals surface area contributed by atoms with Crippen molar-refractivity contribution in [3.63, 3.8) is 0 Å². The third kappa shape index (κ3) is 8.55. The van der Waals surface area contributed by atoms with Crippen LogP contribution in [0.2, 0.25) is 0 Å². The van der Waals surface area contributed by atoms with Crippen LogP contribution in [0.3, 0.4) is 0 Å². The van der Waals surface area contributed by atoms with Gasteiger partial charge < -0.3 is 20.1 Å². The maximum absolute atomic E-state index is 12.4. The number of H-pyrrole nitrogens is 1. The zero-order valence-corrected chi connectivity index (χ0v) is 21.4. The van der Waals surface area contributed by atoms with E-state index in [-0.39, 0.29) is 5.91 Å². The molecule has 1 saturated heterocycles. The number of pyridine rings is 1. The van der Waals surface area contributed by atoms with Crippen LogP contribution in [0.1, 0.15) is 29.9 Å². The van der Waals surface area contributed by atoms with Crippen LogP contribution in [0.25, 0.3) is 17.1 Å². The number of piperidine rings is 1. The van der Waals surface area contributed by atoms with E-state index in [0.717, 1.165) is 42.5 Å². The molecular weight excluding hydrogens is 576 g/mol. The summed E-state index contributed by atoms with van der Waals surface area (Å²) >= 11 is 0. The lowest BCUT2D eigenvalue weighted by Crippen LogP contribution is -2.44. The number of halogens is 6. The minimum Gasteiger partial charge on any atom is -0.475 e. The molecule has 0 unspecified atom stereocenters. The smallest absolute Gasteiger partial charge is 0.475 e. The first-order valence-corrected chi connectivity index (χ1v) is 12.1. The van der Waals surface area contributed by atoms with Crippen LogP contribution in [0.15, 0.2) is 65.5 Å². The number of carbonyl (C=O) groups excluding carboxylic acids is 1. The maximum Gasteiger partial charge on any atom is 0.490 e. The Kier molecular flexibility index (Phi) is 9.93. The van der Waals surface area contributed by atoms with Crippen molar-refractivity contribution in [3.8, 4) is 0 Å². The number of carboxylic acids is 2. The molecule has 0 spiro atoms. The van der Waals surface area contributed by atoms with Crippen molar-refractivity contribution in [2.75, 3.05) is 13.1 Å². The first-order valence-electron chi connectivity index (χ1n) is 12.1. The number of hydrogen-bond acceptors (Lipinski definition) is 6. The molecule has 2 aromatic heterocycles. The Morgan fingerprint density at radius 2 is 1.50 bits per heavy atom. The average Bonchev–Trinajstić information content (AvgIpc) is 3.52. The van der Waals surface area contributed by atoms with Gasteiger partial charge in [-0.15, -0.1) is 0 Å². The van der Waals surface area contributed by atoms with Crippen LogP contribution in [0, 0.1) is 0 Å². The summed E-state index contributed by atoms with van der Waals surface area (Å²) in [5.74, 6) is -4.43. The molecule has 16 heteroatoms. The standard InChI is InChI=1S/C22H21N5O.2C2HF3O2/c28-21-19(13-17-14-24-20-18(17)7-4-10-23-20)25-22(26-21)27-11-8-16(9-12-27)15-5-2-1-3-6-15;2*3-2(4,5)1(6)7/h1-7,10,13-14,16H,8-9,11-12H2,(H,23,24)(H,25,26,28);2*(H,6,7)/b19-13-;;. The van der Waals surface area contributed by atoms with E-state index >= 15 is 0 Å². The number of aliphatic imine (C=N–C) groups is 1. The third-order valence-corrected chi connectivity index (χ3v) is 6.01. The quantitative estimate of drug-likeness (QED) is 0.250. The molecule has 2 aliphatic heterocycles. The largest absolute Gasteiger partial charge is 0.490 e. The summed E-state index contributed by atoms with van der Waals surface area (Å²) in [4.78, 5) is 44.4. The number of nitrogens with zero attached hydrogens (tertiary/aromatic N) is 3. The first-order chi connectivity index (χ1) is 19.7. The molecule has 0 saturated carbocycles. The highest BCUT2D eigenvalue weighted by Crippen LogP contribution is 2.28. The highest BCUT2D eigenvalue weighted by molar-refractivity contribution is 6.14. The third-order valence-electron chi connectivity index (χ3n) is 6.01. The molecule has 4 N–H and O–H groups in total. The molecule has 4 heterocycles. The molecule has 2 aliphatic rings. The number of guanidine groups is 1. The van der Waals surface area contributed by atoms with Crippen molar-refractivity contribution in [2.24, 2.45) is 4.99 Å². The normalized spacial score (nSPS) is 16.6. The number of aromatic amines is 1.